The van der Waals surface area contributed by atoms with Crippen molar-refractivity contribution in [3.8, 4) is 5.75 Å². The highest BCUT2D eigenvalue weighted by molar-refractivity contribution is 6.52. The maximum Gasteiger partial charge on any atom is 0.487 e. The van der Waals surface area contributed by atoms with E-state index in [1.807, 2.05) is 51.9 Å². The third-order valence-electron chi connectivity index (χ3n) is 3.68. The van der Waals surface area contributed by atoms with Crippen LogP contribution < -0.4 is 4.74 Å². The second kappa shape index (κ2) is 4.98. The first-order valence-electron chi connectivity index (χ1n) is 6.38. The van der Waals surface area contributed by atoms with Crippen LogP contribution in [-0.4, -0.2) is 30.4 Å². The van der Waals surface area contributed by atoms with E-state index in [1.165, 1.54) is 0 Å². The van der Waals surface area contributed by atoms with Gasteiger partial charge in [-0.05, 0) is 39.8 Å². The Bertz CT molecular complexity index is 469. The summed E-state index contributed by atoms with van der Waals surface area (Å²) in [6.07, 6.45) is 3.59. The number of pyridine rings is 1. The Balaban J connectivity index is 2.08. The standard InChI is InChI=1S/C14H20BNO3/c1-13(2)14(3,4)19-15(18-13)8-6-11-10-12(17-5)7-9-16-11/h6-10H,1-5H3/b8-6+. The summed E-state index contributed by atoms with van der Waals surface area (Å²) in [6, 6.07) is 3.67. The molecule has 0 radical (unpaired) electrons. The van der Waals surface area contributed by atoms with Gasteiger partial charge in [0.2, 0.25) is 0 Å². The first-order valence-corrected chi connectivity index (χ1v) is 6.38. The smallest absolute Gasteiger partial charge is 0.487 e. The molecule has 0 bridgehead atoms. The molecule has 0 unspecified atom stereocenters. The van der Waals surface area contributed by atoms with E-state index in [2.05, 4.69) is 4.98 Å². The normalized spacial score (nSPS) is 21.0. The van der Waals surface area contributed by atoms with Gasteiger partial charge in [0, 0.05) is 12.3 Å². The highest BCUT2D eigenvalue weighted by Gasteiger charge is 2.49. The van der Waals surface area contributed by atoms with Crippen molar-refractivity contribution in [1.29, 1.82) is 0 Å². The average molecular weight is 261 g/mol. The van der Waals surface area contributed by atoms with Crippen molar-refractivity contribution in [3.05, 3.63) is 30.0 Å². The quantitative estimate of drug-likeness (QED) is 0.784. The molecule has 4 nitrogen and oxygen atoms in total. The van der Waals surface area contributed by atoms with Crippen LogP contribution in [0.5, 0.6) is 5.75 Å². The Kier molecular flexibility index (Phi) is 3.70. The van der Waals surface area contributed by atoms with Crippen LogP contribution in [0.15, 0.2) is 24.3 Å². The first kappa shape index (κ1) is 14.1. The molecule has 0 saturated carbocycles. The highest BCUT2D eigenvalue weighted by Crippen LogP contribution is 2.36. The summed E-state index contributed by atoms with van der Waals surface area (Å²) in [6.45, 7) is 8.13. The number of hydrogen-bond donors (Lipinski definition) is 0. The van der Waals surface area contributed by atoms with Crippen LogP contribution in [0.2, 0.25) is 0 Å². The summed E-state index contributed by atoms with van der Waals surface area (Å²) in [5, 5.41) is 0. The zero-order valence-corrected chi connectivity index (χ0v) is 12.1. The van der Waals surface area contributed by atoms with Gasteiger partial charge in [-0.2, -0.15) is 0 Å². The van der Waals surface area contributed by atoms with Gasteiger partial charge in [0.1, 0.15) is 5.75 Å². The predicted molar refractivity (Wildman–Crippen MR) is 75.9 cm³/mol. The topological polar surface area (TPSA) is 40.6 Å². The van der Waals surface area contributed by atoms with Gasteiger partial charge in [0.05, 0.1) is 24.0 Å². The largest absolute Gasteiger partial charge is 0.497 e. The summed E-state index contributed by atoms with van der Waals surface area (Å²) < 4.78 is 16.9. The summed E-state index contributed by atoms with van der Waals surface area (Å²) in [4.78, 5) is 4.24. The van der Waals surface area contributed by atoms with Crippen LogP contribution in [0, 0.1) is 0 Å². The molecule has 1 aromatic heterocycles. The van der Waals surface area contributed by atoms with Crippen molar-refractivity contribution in [2.24, 2.45) is 0 Å². The number of methoxy groups -OCH3 is 1. The number of aromatic nitrogens is 1. The molecule has 102 valence electrons. The van der Waals surface area contributed by atoms with E-state index in [9.17, 15) is 0 Å². The third-order valence-corrected chi connectivity index (χ3v) is 3.68. The Labute approximate surface area is 114 Å². The van der Waals surface area contributed by atoms with Crippen LogP contribution in [0.1, 0.15) is 33.4 Å². The van der Waals surface area contributed by atoms with Crippen molar-refractivity contribution in [1.82, 2.24) is 4.98 Å². The fourth-order valence-electron chi connectivity index (χ4n) is 1.79. The van der Waals surface area contributed by atoms with Crippen LogP contribution in [0.25, 0.3) is 6.08 Å². The molecule has 0 N–H and O–H groups in total. The lowest BCUT2D eigenvalue weighted by Gasteiger charge is -2.32. The summed E-state index contributed by atoms with van der Waals surface area (Å²) in [5.74, 6) is 2.65. The predicted octanol–water partition coefficient (Wildman–Crippen LogP) is 2.73. The molecule has 1 fully saturated rings. The van der Waals surface area contributed by atoms with Crippen molar-refractivity contribution >= 4 is 13.2 Å². The number of hydrogen-bond acceptors (Lipinski definition) is 4. The minimum Gasteiger partial charge on any atom is -0.497 e. The van der Waals surface area contributed by atoms with Crippen molar-refractivity contribution in [2.75, 3.05) is 7.11 Å². The second-order valence-corrected chi connectivity index (χ2v) is 5.60. The molecule has 1 saturated heterocycles. The average Bonchev–Trinajstić information content (AvgIpc) is 2.56. The summed E-state index contributed by atoms with van der Waals surface area (Å²) >= 11 is 0. The van der Waals surface area contributed by atoms with Crippen LogP contribution in [0.4, 0.5) is 0 Å². The van der Waals surface area contributed by atoms with E-state index in [0.717, 1.165) is 11.4 Å². The maximum atomic E-state index is 5.87. The lowest BCUT2D eigenvalue weighted by molar-refractivity contribution is 0.00578. The van der Waals surface area contributed by atoms with E-state index in [4.69, 9.17) is 14.0 Å². The van der Waals surface area contributed by atoms with Gasteiger partial charge in [0.15, 0.2) is 0 Å². The Hall–Kier alpha value is -1.33. The lowest BCUT2D eigenvalue weighted by Crippen LogP contribution is -2.41. The third kappa shape index (κ3) is 2.99. The fraction of sp³-hybridized carbons (Fsp3) is 0.500. The molecule has 0 aliphatic carbocycles. The molecule has 2 heterocycles. The molecule has 1 aliphatic heterocycles. The highest BCUT2D eigenvalue weighted by atomic mass is 16.7. The molecule has 1 aromatic rings. The van der Waals surface area contributed by atoms with E-state index in [1.54, 1.807) is 13.3 Å². The molecule has 0 spiro atoms. The SMILES string of the molecule is COc1ccnc(/C=C/B2OC(C)(C)C(C)(C)O2)c1. The van der Waals surface area contributed by atoms with Gasteiger partial charge < -0.3 is 14.0 Å². The lowest BCUT2D eigenvalue weighted by atomic mass is 9.89. The van der Waals surface area contributed by atoms with Gasteiger partial charge >= 0.3 is 7.12 Å². The molecule has 0 aromatic carbocycles. The molecule has 19 heavy (non-hydrogen) atoms. The van der Waals surface area contributed by atoms with Crippen molar-refractivity contribution in [2.45, 2.75) is 38.9 Å². The maximum absolute atomic E-state index is 5.87. The van der Waals surface area contributed by atoms with Gasteiger partial charge in [-0.15, -0.1) is 0 Å². The van der Waals surface area contributed by atoms with E-state index in [0.29, 0.717) is 0 Å². The van der Waals surface area contributed by atoms with Gasteiger partial charge in [-0.1, -0.05) is 5.98 Å². The molecule has 0 amide bonds. The monoisotopic (exact) mass is 261 g/mol. The number of nitrogens with zero attached hydrogens (tertiary/aromatic N) is 1. The Morgan fingerprint density at radius 2 is 1.84 bits per heavy atom. The van der Waals surface area contributed by atoms with Gasteiger partial charge in [-0.3, -0.25) is 4.98 Å². The van der Waals surface area contributed by atoms with E-state index in [-0.39, 0.29) is 18.3 Å². The first-order chi connectivity index (χ1) is 8.84. The second-order valence-electron chi connectivity index (χ2n) is 5.60. The van der Waals surface area contributed by atoms with Gasteiger partial charge in [0.25, 0.3) is 0 Å². The zero-order valence-electron chi connectivity index (χ0n) is 12.1. The molecule has 2 rings (SSSR count). The van der Waals surface area contributed by atoms with Crippen LogP contribution >= 0.6 is 0 Å². The summed E-state index contributed by atoms with van der Waals surface area (Å²) in [5.41, 5.74) is 0.183. The molecule has 5 heteroatoms. The zero-order chi connectivity index (χ0) is 14.1. The van der Waals surface area contributed by atoms with Crippen LogP contribution in [0.3, 0.4) is 0 Å². The Morgan fingerprint density at radius 1 is 1.21 bits per heavy atom. The number of rotatable bonds is 3. The molecular weight excluding hydrogens is 241 g/mol. The van der Waals surface area contributed by atoms with Gasteiger partial charge in [-0.25, -0.2) is 0 Å². The Morgan fingerprint density at radius 3 is 2.42 bits per heavy atom. The van der Waals surface area contributed by atoms with Crippen molar-refractivity contribution < 1.29 is 14.0 Å². The van der Waals surface area contributed by atoms with E-state index >= 15 is 0 Å². The summed E-state index contributed by atoms with van der Waals surface area (Å²) in [7, 11) is 1.29. The fourth-order valence-corrected chi connectivity index (χ4v) is 1.79. The minimum atomic E-state index is -0.349. The van der Waals surface area contributed by atoms with Crippen LogP contribution in [-0.2, 0) is 9.31 Å². The van der Waals surface area contributed by atoms with Crippen molar-refractivity contribution in [3.63, 3.8) is 0 Å². The molecular formula is C14H20BNO3. The van der Waals surface area contributed by atoms with E-state index < -0.39 is 0 Å². The molecule has 0 atom stereocenters. The minimum absolute atomic E-state index is 0.316. The number of ether oxygens (including phenoxy) is 1. The molecule has 1 aliphatic rings.